The van der Waals surface area contributed by atoms with E-state index in [1.54, 1.807) is 12.1 Å². The van der Waals surface area contributed by atoms with E-state index in [0.29, 0.717) is 26.8 Å². The van der Waals surface area contributed by atoms with E-state index < -0.39 is 5.63 Å². The first-order chi connectivity index (χ1) is 11.5. The van der Waals surface area contributed by atoms with Crippen LogP contribution in [0.1, 0.15) is 38.2 Å². The number of hydrogen-bond donors (Lipinski definition) is 1. The summed E-state index contributed by atoms with van der Waals surface area (Å²) in [6.45, 7) is 2.26. The zero-order chi connectivity index (χ0) is 16.7. The normalized spacial score (nSPS) is 27.9. The van der Waals surface area contributed by atoms with Crippen LogP contribution in [0.15, 0.2) is 39.5 Å². The van der Waals surface area contributed by atoms with Crippen molar-refractivity contribution in [1.82, 2.24) is 0 Å². The molecule has 1 N–H and O–H groups in total. The molecule has 0 spiro atoms. The molecular formula is C20H17ClO3. The monoisotopic (exact) mass is 340 g/mol. The molecule has 3 aliphatic rings. The average molecular weight is 341 g/mol. The van der Waals surface area contributed by atoms with Crippen molar-refractivity contribution in [2.75, 3.05) is 0 Å². The van der Waals surface area contributed by atoms with Gasteiger partial charge >= 0.3 is 5.63 Å². The van der Waals surface area contributed by atoms with Gasteiger partial charge in [0.25, 0.3) is 0 Å². The summed E-state index contributed by atoms with van der Waals surface area (Å²) in [4.78, 5) is 12.5. The highest BCUT2D eigenvalue weighted by atomic mass is 35.5. The van der Waals surface area contributed by atoms with E-state index in [1.807, 2.05) is 12.1 Å². The first kappa shape index (κ1) is 14.4. The average Bonchev–Trinajstić information content (AvgIpc) is 2.45. The summed E-state index contributed by atoms with van der Waals surface area (Å²) < 4.78 is 5.41. The second-order valence-electron chi connectivity index (χ2n) is 7.61. The van der Waals surface area contributed by atoms with E-state index in [0.717, 1.165) is 5.39 Å². The third-order valence-electron chi connectivity index (χ3n) is 6.25. The van der Waals surface area contributed by atoms with Crippen LogP contribution in [0.2, 0.25) is 5.02 Å². The second-order valence-corrected chi connectivity index (χ2v) is 8.02. The smallest absolute Gasteiger partial charge is 0.344 e. The quantitative estimate of drug-likeness (QED) is 0.519. The van der Waals surface area contributed by atoms with Crippen molar-refractivity contribution in [1.29, 1.82) is 0 Å². The predicted octanol–water partition coefficient (Wildman–Crippen LogP) is 5.14. The summed E-state index contributed by atoms with van der Waals surface area (Å²) in [5, 5.41) is 12.2. The number of hydrogen-bond acceptors (Lipinski definition) is 3. The number of phenolic OH excluding ortho intramolecular Hbond substituents is 1. The fourth-order valence-electron chi connectivity index (χ4n) is 4.98. The Bertz CT molecular complexity index is 1060. The lowest BCUT2D eigenvalue weighted by atomic mass is 9.33. The molecule has 3 aromatic rings. The molecule has 0 unspecified atom stereocenters. The van der Waals surface area contributed by atoms with Crippen molar-refractivity contribution in [2.24, 2.45) is 5.41 Å². The van der Waals surface area contributed by atoms with E-state index >= 15 is 0 Å². The highest BCUT2D eigenvalue weighted by Gasteiger charge is 2.66. The SMILES string of the molecule is CCC12CC(c3cc(Cl)c4c(c3)c(=O)oc3cc(O)ccc34)(C1)C2. The third kappa shape index (κ3) is 1.66. The largest absolute Gasteiger partial charge is 0.508 e. The first-order valence-electron chi connectivity index (χ1n) is 8.35. The Kier molecular flexibility index (Phi) is 2.59. The highest BCUT2D eigenvalue weighted by molar-refractivity contribution is 6.37. The Hall–Kier alpha value is -2.00. The van der Waals surface area contributed by atoms with E-state index in [2.05, 4.69) is 6.92 Å². The van der Waals surface area contributed by atoms with Gasteiger partial charge in [-0.05, 0) is 59.9 Å². The number of benzene rings is 2. The molecule has 4 heteroatoms. The van der Waals surface area contributed by atoms with E-state index in [-0.39, 0.29) is 11.2 Å². The van der Waals surface area contributed by atoms with Gasteiger partial charge in [0.2, 0.25) is 0 Å². The van der Waals surface area contributed by atoms with Gasteiger partial charge in [0, 0.05) is 21.9 Å². The van der Waals surface area contributed by atoms with Gasteiger partial charge < -0.3 is 9.52 Å². The van der Waals surface area contributed by atoms with Crippen LogP contribution >= 0.6 is 11.6 Å². The Balaban J connectivity index is 1.75. The van der Waals surface area contributed by atoms with Crippen LogP contribution < -0.4 is 5.63 Å². The Labute approximate surface area is 143 Å². The summed E-state index contributed by atoms with van der Waals surface area (Å²) in [6, 6.07) is 8.77. The van der Waals surface area contributed by atoms with Gasteiger partial charge in [-0.3, -0.25) is 0 Å². The van der Waals surface area contributed by atoms with Gasteiger partial charge in [-0.2, -0.15) is 0 Å². The zero-order valence-corrected chi connectivity index (χ0v) is 14.1. The van der Waals surface area contributed by atoms with Crippen LogP contribution in [0.5, 0.6) is 5.75 Å². The minimum Gasteiger partial charge on any atom is -0.508 e. The lowest BCUT2D eigenvalue weighted by Gasteiger charge is -2.71. The van der Waals surface area contributed by atoms with E-state index in [9.17, 15) is 9.90 Å². The molecule has 0 radical (unpaired) electrons. The molecule has 3 nitrogen and oxygen atoms in total. The lowest BCUT2D eigenvalue weighted by Crippen LogP contribution is -2.64. The van der Waals surface area contributed by atoms with Gasteiger partial charge in [0.1, 0.15) is 11.3 Å². The molecule has 2 aromatic carbocycles. The van der Waals surface area contributed by atoms with Crippen molar-refractivity contribution < 1.29 is 9.52 Å². The predicted molar refractivity (Wildman–Crippen MR) is 94.9 cm³/mol. The lowest BCUT2D eigenvalue weighted by molar-refractivity contribution is -0.143. The van der Waals surface area contributed by atoms with Gasteiger partial charge in [-0.15, -0.1) is 0 Å². The Morgan fingerprint density at radius 2 is 1.92 bits per heavy atom. The van der Waals surface area contributed by atoms with Crippen LogP contribution in [0.4, 0.5) is 0 Å². The van der Waals surface area contributed by atoms with Crippen LogP contribution in [0.3, 0.4) is 0 Å². The van der Waals surface area contributed by atoms with Gasteiger partial charge in [0.05, 0.1) is 5.39 Å². The van der Waals surface area contributed by atoms with E-state index in [4.69, 9.17) is 16.0 Å². The number of halogens is 1. The van der Waals surface area contributed by atoms with Crippen LogP contribution in [0, 0.1) is 5.41 Å². The topological polar surface area (TPSA) is 50.4 Å². The molecule has 0 aliphatic heterocycles. The summed E-state index contributed by atoms with van der Waals surface area (Å²) in [6.07, 6.45) is 4.83. The van der Waals surface area contributed by atoms with Gasteiger partial charge in [-0.25, -0.2) is 4.79 Å². The number of rotatable bonds is 2. The van der Waals surface area contributed by atoms with Crippen molar-refractivity contribution in [3.05, 3.63) is 51.3 Å². The fraction of sp³-hybridized carbons (Fsp3) is 0.350. The maximum Gasteiger partial charge on any atom is 0.344 e. The number of aromatic hydroxyl groups is 1. The summed E-state index contributed by atoms with van der Waals surface area (Å²) in [5.74, 6) is 0.0662. The summed E-state index contributed by atoms with van der Waals surface area (Å²) >= 11 is 6.58. The minimum atomic E-state index is -0.399. The molecule has 122 valence electrons. The zero-order valence-electron chi connectivity index (χ0n) is 13.4. The van der Waals surface area contributed by atoms with Crippen molar-refractivity contribution in [3.8, 4) is 5.75 Å². The second kappa shape index (κ2) is 4.34. The van der Waals surface area contributed by atoms with Crippen molar-refractivity contribution >= 4 is 33.3 Å². The Morgan fingerprint density at radius 1 is 1.17 bits per heavy atom. The summed E-state index contributed by atoms with van der Waals surface area (Å²) in [5.41, 5.74) is 1.87. The highest BCUT2D eigenvalue weighted by Crippen LogP contribution is 2.75. The molecule has 1 heterocycles. The molecule has 3 saturated carbocycles. The molecule has 3 aliphatic carbocycles. The number of phenols is 1. The van der Waals surface area contributed by atoms with Gasteiger partial charge in [-0.1, -0.05) is 24.9 Å². The molecule has 1 aromatic heterocycles. The first-order valence-corrected chi connectivity index (χ1v) is 8.73. The van der Waals surface area contributed by atoms with Crippen LogP contribution in [-0.2, 0) is 5.41 Å². The molecule has 0 atom stereocenters. The van der Waals surface area contributed by atoms with E-state index in [1.165, 1.54) is 37.3 Å². The van der Waals surface area contributed by atoms with Crippen molar-refractivity contribution in [2.45, 2.75) is 38.0 Å². The molecule has 24 heavy (non-hydrogen) atoms. The minimum absolute atomic E-state index is 0.0662. The summed E-state index contributed by atoms with van der Waals surface area (Å²) in [7, 11) is 0. The molecule has 0 saturated heterocycles. The molecule has 0 amide bonds. The Morgan fingerprint density at radius 3 is 2.62 bits per heavy atom. The molecular weight excluding hydrogens is 324 g/mol. The fourth-order valence-corrected chi connectivity index (χ4v) is 5.30. The third-order valence-corrected chi connectivity index (χ3v) is 6.55. The van der Waals surface area contributed by atoms with Crippen LogP contribution in [-0.4, -0.2) is 5.11 Å². The molecule has 2 bridgehead atoms. The standard InChI is InChI=1S/C20H17ClO3/c1-2-19-8-20(9-19,10-19)11-5-14-17(15(21)6-11)13-4-3-12(22)7-16(13)24-18(14)23/h3-7,22H,2,8-10H2,1H3. The molecule has 3 fully saturated rings. The maximum absolute atomic E-state index is 12.5. The molecule has 6 rings (SSSR count). The van der Waals surface area contributed by atoms with Crippen LogP contribution in [0.25, 0.3) is 21.7 Å². The van der Waals surface area contributed by atoms with Gasteiger partial charge in [0.15, 0.2) is 0 Å². The maximum atomic E-state index is 12.5. The number of fused-ring (bicyclic) bond motifs is 3. The van der Waals surface area contributed by atoms with Crippen molar-refractivity contribution in [3.63, 3.8) is 0 Å².